The van der Waals surface area contributed by atoms with Gasteiger partial charge in [0, 0.05) is 21.8 Å². The van der Waals surface area contributed by atoms with Crippen LogP contribution in [0.15, 0.2) is 65.3 Å². The molecule has 0 spiro atoms. The van der Waals surface area contributed by atoms with Crippen molar-refractivity contribution in [2.45, 2.75) is 0 Å². The lowest BCUT2D eigenvalue weighted by Gasteiger charge is -2.13. The fraction of sp³-hybridized carbons (Fsp3) is 0. The van der Waals surface area contributed by atoms with Crippen LogP contribution in [-0.2, 0) is 0 Å². The first-order chi connectivity index (χ1) is 10.7. The Morgan fingerprint density at radius 1 is 0.955 bits per heavy atom. The number of halogens is 1. The molecule has 0 saturated heterocycles. The Bertz CT molecular complexity index is 850. The lowest BCUT2D eigenvalue weighted by Crippen LogP contribution is -1.99. The highest BCUT2D eigenvalue weighted by Gasteiger charge is 2.16. The average molecular weight is 350 g/mol. The van der Waals surface area contributed by atoms with Gasteiger partial charge in [-0.05, 0) is 23.3 Å². The number of nitriles is 1. The van der Waals surface area contributed by atoms with E-state index in [-0.39, 0.29) is 5.82 Å². The molecule has 0 aliphatic carbocycles. The van der Waals surface area contributed by atoms with Gasteiger partial charge in [-0.15, -0.1) is 0 Å². The molecule has 1 heterocycles. The molecule has 1 aromatic heterocycles. The third-order valence-electron chi connectivity index (χ3n) is 3.44. The Kier molecular flexibility index (Phi) is 3.90. The molecule has 0 atom stereocenters. The zero-order chi connectivity index (χ0) is 15.5. The molecule has 106 valence electrons. The van der Waals surface area contributed by atoms with Crippen LogP contribution >= 0.6 is 15.9 Å². The van der Waals surface area contributed by atoms with E-state index in [0.29, 0.717) is 5.56 Å². The molecule has 0 unspecified atom stereocenters. The largest absolute Gasteiger partial charge is 0.383 e. The maximum absolute atomic E-state index is 9.51. The van der Waals surface area contributed by atoms with Crippen LogP contribution in [0.2, 0.25) is 0 Å². The van der Waals surface area contributed by atoms with Crippen LogP contribution in [0.5, 0.6) is 0 Å². The summed E-state index contributed by atoms with van der Waals surface area (Å²) in [5.74, 6) is 0.250. The summed E-state index contributed by atoms with van der Waals surface area (Å²) in [5, 5.41) is 9.51. The van der Waals surface area contributed by atoms with Gasteiger partial charge in [0.15, 0.2) is 0 Å². The fourth-order valence-corrected chi connectivity index (χ4v) is 2.66. The molecule has 4 heteroatoms. The Morgan fingerprint density at radius 2 is 1.64 bits per heavy atom. The van der Waals surface area contributed by atoms with Crippen LogP contribution in [-0.4, -0.2) is 4.98 Å². The summed E-state index contributed by atoms with van der Waals surface area (Å²) < 4.78 is 0.984. The van der Waals surface area contributed by atoms with E-state index in [4.69, 9.17) is 5.73 Å². The number of anilines is 1. The molecular formula is C18H12BrN3. The van der Waals surface area contributed by atoms with Crippen LogP contribution in [0.3, 0.4) is 0 Å². The fourth-order valence-electron chi connectivity index (χ4n) is 2.39. The number of nitrogens with two attached hydrogens (primary N) is 1. The first kappa shape index (κ1) is 14.3. The van der Waals surface area contributed by atoms with Crippen LogP contribution in [0.4, 0.5) is 5.82 Å². The van der Waals surface area contributed by atoms with Crippen molar-refractivity contribution in [3.63, 3.8) is 0 Å². The summed E-state index contributed by atoms with van der Waals surface area (Å²) in [4.78, 5) is 4.18. The summed E-state index contributed by atoms with van der Waals surface area (Å²) in [6.07, 6.45) is 1.73. The second-order valence-corrected chi connectivity index (χ2v) is 5.71. The van der Waals surface area contributed by atoms with Crippen molar-refractivity contribution in [1.29, 1.82) is 5.26 Å². The van der Waals surface area contributed by atoms with Crippen molar-refractivity contribution >= 4 is 21.7 Å². The molecule has 0 saturated carbocycles. The smallest absolute Gasteiger partial charge is 0.141 e. The Morgan fingerprint density at radius 3 is 2.27 bits per heavy atom. The normalized spacial score (nSPS) is 10.2. The van der Waals surface area contributed by atoms with Crippen molar-refractivity contribution < 1.29 is 0 Å². The molecule has 0 amide bonds. The van der Waals surface area contributed by atoms with E-state index in [9.17, 15) is 5.26 Å². The summed E-state index contributed by atoms with van der Waals surface area (Å²) in [5.41, 5.74) is 9.96. The first-order valence-corrected chi connectivity index (χ1v) is 7.50. The summed E-state index contributed by atoms with van der Waals surface area (Å²) in [6, 6.07) is 19.9. The number of pyridine rings is 1. The minimum Gasteiger partial charge on any atom is -0.383 e. The average Bonchev–Trinajstić information content (AvgIpc) is 2.56. The van der Waals surface area contributed by atoms with E-state index >= 15 is 0 Å². The van der Waals surface area contributed by atoms with E-state index in [1.807, 2.05) is 54.6 Å². The number of hydrogen-bond acceptors (Lipinski definition) is 3. The minimum atomic E-state index is 0.250. The van der Waals surface area contributed by atoms with Crippen LogP contribution in [0, 0.1) is 11.3 Å². The van der Waals surface area contributed by atoms with Crippen molar-refractivity contribution in [2.75, 3.05) is 5.73 Å². The predicted molar refractivity (Wildman–Crippen MR) is 91.9 cm³/mol. The molecule has 22 heavy (non-hydrogen) atoms. The zero-order valence-electron chi connectivity index (χ0n) is 11.6. The first-order valence-electron chi connectivity index (χ1n) is 6.70. The number of benzene rings is 2. The third-order valence-corrected chi connectivity index (χ3v) is 3.97. The highest BCUT2D eigenvalue weighted by atomic mass is 79.9. The molecule has 3 aromatic rings. The van der Waals surface area contributed by atoms with Crippen molar-refractivity contribution in [3.05, 3.63) is 70.8 Å². The second kappa shape index (κ2) is 6.00. The van der Waals surface area contributed by atoms with E-state index in [1.165, 1.54) is 0 Å². The van der Waals surface area contributed by atoms with Gasteiger partial charge in [-0.1, -0.05) is 58.4 Å². The van der Waals surface area contributed by atoms with Gasteiger partial charge in [0.2, 0.25) is 0 Å². The van der Waals surface area contributed by atoms with Crippen molar-refractivity contribution in [2.24, 2.45) is 0 Å². The number of aromatic nitrogens is 1. The second-order valence-electron chi connectivity index (χ2n) is 4.79. The Balaban J connectivity index is 2.32. The van der Waals surface area contributed by atoms with Crippen molar-refractivity contribution in [3.8, 4) is 28.3 Å². The zero-order valence-corrected chi connectivity index (χ0v) is 13.2. The van der Waals surface area contributed by atoms with E-state index in [2.05, 4.69) is 27.0 Å². The monoisotopic (exact) mass is 349 g/mol. The molecule has 0 aliphatic heterocycles. The minimum absolute atomic E-state index is 0.250. The highest BCUT2D eigenvalue weighted by Crippen LogP contribution is 2.36. The summed E-state index contributed by atoms with van der Waals surface area (Å²) in [7, 11) is 0. The van der Waals surface area contributed by atoms with Gasteiger partial charge in [-0.25, -0.2) is 4.98 Å². The number of nitrogen functional groups attached to an aromatic ring is 1. The van der Waals surface area contributed by atoms with Crippen LogP contribution in [0.25, 0.3) is 22.3 Å². The quantitative estimate of drug-likeness (QED) is 0.733. The van der Waals surface area contributed by atoms with Gasteiger partial charge in [0.05, 0.1) is 0 Å². The van der Waals surface area contributed by atoms with E-state index in [0.717, 1.165) is 26.7 Å². The van der Waals surface area contributed by atoms with E-state index < -0.39 is 0 Å². The SMILES string of the molecule is N#Cc1c(N)ncc(-c2ccccc2)c1-c1ccc(Br)cc1. The molecule has 3 rings (SSSR count). The maximum Gasteiger partial charge on any atom is 0.141 e. The maximum atomic E-state index is 9.51. The standard InChI is InChI=1S/C18H12BrN3/c19-14-8-6-13(7-9-14)17-15(10-20)18(21)22-11-16(17)12-4-2-1-3-5-12/h1-9,11H,(H2,21,22). The van der Waals surface area contributed by atoms with Gasteiger partial charge >= 0.3 is 0 Å². The van der Waals surface area contributed by atoms with Gasteiger partial charge in [-0.2, -0.15) is 5.26 Å². The molecular weight excluding hydrogens is 338 g/mol. The van der Waals surface area contributed by atoms with Gasteiger partial charge in [0.25, 0.3) is 0 Å². The molecule has 0 radical (unpaired) electrons. The molecule has 0 aliphatic rings. The molecule has 2 aromatic carbocycles. The molecule has 3 nitrogen and oxygen atoms in total. The topological polar surface area (TPSA) is 62.7 Å². The Labute approximate surface area is 137 Å². The van der Waals surface area contributed by atoms with E-state index in [1.54, 1.807) is 6.20 Å². The third kappa shape index (κ3) is 2.59. The highest BCUT2D eigenvalue weighted by molar-refractivity contribution is 9.10. The summed E-state index contributed by atoms with van der Waals surface area (Å²) in [6.45, 7) is 0. The number of hydrogen-bond donors (Lipinski definition) is 1. The van der Waals surface area contributed by atoms with Crippen molar-refractivity contribution in [1.82, 2.24) is 4.98 Å². The molecule has 0 fully saturated rings. The lowest BCUT2D eigenvalue weighted by molar-refractivity contribution is 1.31. The summed E-state index contributed by atoms with van der Waals surface area (Å²) >= 11 is 3.43. The number of rotatable bonds is 2. The number of nitrogens with zero attached hydrogens (tertiary/aromatic N) is 2. The lowest BCUT2D eigenvalue weighted by atomic mass is 9.92. The van der Waals surface area contributed by atoms with Gasteiger partial charge < -0.3 is 5.73 Å². The van der Waals surface area contributed by atoms with Crippen LogP contribution < -0.4 is 5.73 Å². The van der Waals surface area contributed by atoms with Crippen LogP contribution in [0.1, 0.15) is 5.56 Å². The predicted octanol–water partition coefficient (Wildman–Crippen LogP) is 4.63. The molecule has 2 N–H and O–H groups in total. The van der Waals surface area contributed by atoms with Gasteiger partial charge in [-0.3, -0.25) is 0 Å². The molecule has 0 bridgehead atoms. The van der Waals surface area contributed by atoms with Gasteiger partial charge in [0.1, 0.15) is 17.5 Å². The Hall–Kier alpha value is -2.64.